The fourth-order valence-corrected chi connectivity index (χ4v) is 1.62. The number of furan rings is 1. The van der Waals surface area contributed by atoms with E-state index in [1.54, 1.807) is 6.07 Å². The molecule has 5 nitrogen and oxygen atoms in total. The SMILES string of the molecule is CN(C)c1ccccc1Nc1ccc(C(=O)O)o1. The van der Waals surface area contributed by atoms with Crippen molar-refractivity contribution in [2.75, 3.05) is 24.3 Å². The number of para-hydroxylation sites is 2. The molecule has 2 rings (SSSR count). The molecule has 0 radical (unpaired) electrons. The second-order valence-corrected chi connectivity index (χ2v) is 4.01. The lowest BCUT2D eigenvalue weighted by molar-refractivity contribution is 0.0663. The Morgan fingerprint density at radius 2 is 1.94 bits per heavy atom. The zero-order valence-electron chi connectivity index (χ0n) is 10.2. The van der Waals surface area contributed by atoms with Gasteiger partial charge in [-0.3, -0.25) is 0 Å². The van der Waals surface area contributed by atoms with Crippen molar-refractivity contribution in [2.45, 2.75) is 0 Å². The minimum absolute atomic E-state index is 0.0835. The molecule has 1 heterocycles. The number of benzene rings is 1. The Bertz CT molecular complexity index is 561. The molecule has 94 valence electrons. The van der Waals surface area contributed by atoms with Crippen LogP contribution in [0.1, 0.15) is 10.6 Å². The number of nitrogens with one attached hydrogen (secondary N) is 1. The highest BCUT2D eigenvalue weighted by molar-refractivity contribution is 5.85. The van der Waals surface area contributed by atoms with Crippen molar-refractivity contribution in [3.8, 4) is 0 Å². The lowest BCUT2D eigenvalue weighted by Crippen LogP contribution is -2.10. The third kappa shape index (κ3) is 2.45. The first kappa shape index (κ1) is 12.0. The van der Waals surface area contributed by atoms with Gasteiger partial charge >= 0.3 is 5.97 Å². The van der Waals surface area contributed by atoms with Crippen LogP contribution in [0.15, 0.2) is 40.8 Å². The Morgan fingerprint density at radius 3 is 2.56 bits per heavy atom. The molecule has 2 aromatic rings. The molecule has 1 aromatic heterocycles. The molecule has 0 aliphatic carbocycles. The van der Waals surface area contributed by atoms with E-state index >= 15 is 0 Å². The van der Waals surface area contributed by atoms with Gasteiger partial charge in [0, 0.05) is 20.2 Å². The number of anilines is 3. The maximum absolute atomic E-state index is 10.7. The van der Waals surface area contributed by atoms with Crippen LogP contribution in [-0.4, -0.2) is 25.2 Å². The van der Waals surface area contributed by atoms with Gasteiger partial charge in [0.15, 0.2) is 5.88 Å². The maximum Gasteiger partial charge on any atom is 0.371 e. The molecule has 0 amide bonds. The Balaban J connectivity index is 2.25. The lowest BCUT2D eigenvalue weighted by atomic mass is 10.2. The minimum atomic E-state index is -1.08. The van der Waals surface area contributed by atoms with Crippen LogP contribution in [0.3, 0.4) is 0 Å². The van der Waals surface area contributed by atoms with Crippen molar-refractivity contribution in [3.63, 3.8) is 0 Å². The normalized spacial score (nSPS) is 10.1. The number of hydrogen-bond donors (Lipinski definition) is 2. The van der Waals surface area contributed by atoms with Gasteiger partial charge in [0.1, 0.15) is 0 Å². The lowest BCUT2D eigenvalue weighted by Gasteiger charge is -2.17. The van der Waals surface area contributed by atoms with Gasteiger partial charge in [0.2, 0.25) is 5.76 Å². The predicted molar refractivity (Wildman–Crippen MR) is 69.7 cm³/mol. The fourth-order valence-electron chi connectivity index (χ4n) is 1.62. The van der Waals surface area contributed by atoms with E-state index in [2.05, 4.69) is 5.32 Å². The summed E-state index contributed by atoms with van der Waals surface area (Å²) in [6, 6.07) is 10.7. The van der Waals surface area contributed by atoms with Gasteiger partial charge in [0.05, 0.1) is 11.4 Å². The monoisotopic (exact) mass is 246 g/mol. The van der Waals surface area contributed by atoms with Gasteiger partial charge in [-0.2, -0.15) is 0 Å². The average molecular weight is 246 g/mol. The van der Waals surface area contributed by atoms with Crippen LogP contribution in [-0.2, 0) is 0 Å². The smallest absolute Gasteiger partial charge is 0.371 e. The van der Waals surface area contributed by atoms with E-state index < -0.39 is 5.97 Å². The third-order valence-electron chi connectivity index (χ3n) is 2.46. The number of carboxylic acids is 1. The predicted octanol–water partition coefficient (Wildman–Crippen LogP) is 2.79. The van der Waals surface area contributed by atoms with Gasteiger partial charge < -0.3 is 19.7 Å². The van der Waals surface area contributed by atoms with Gasteiger partial charge in [0.25, 0.3) is 0 Å². The van der Waals surface area contributed by atoms with Crippen LogP contribution in [0.5, 0.6) is 0 Å². The highest BCUT2D eigenvalue weighted by Gasteiger charge is 2.10. The number of hydrogen-bond acceptors (Lipinski definition) is 4. The standard InChI is InChI=1S/C13H14N2O3/c1-15(2)10-6-4-3-5-9(10)14-12-8-7-11(18-12)13(16)17/h3-8,14H,1-2H3,(H,16,17). The molecule has 18 heavy (non-hydrogen) atoms. The molecule has 0 fully saturated rings. The molecule has 0 aliphatic heterocycles. The highest BCUT2D eigenvalue weighted by Crippen LogP contribution is 2.27. The maximum atomic E-state index is 10.7. The highest BCUT2D eigenvalue weighted by atomic mass is 16.4. The summed E-state index contributed by atoms with van der Waals surface area (Å²) in [7, 11) is 3.87. The van der Waals surface area contributed by atoms with E-state index in [4.69, 9.17) is 9.52 Å². The van der Waals surface area contributed by atoms with E-state index in [0.717, 1.165) is 11.4 Å². The van der Waals surface area contributed by atoms with Crippen molar-refractivity contribution < 1.29 is 14.3 Å². The molecule has 0 bridgehead atoms. The molecular formula is C13H14N2O3. The molecule has 5 heteroatoms. The van der Waals surface area contributed by atoms with E-state index in [9.17, 15) is 4.79 Å². The summed E-state index contributed by atoms with van der Waals surface area (Å²) in [5.74, 6) is -0.759. The first-order chi connectivity index (χ1) is 8.58. The van der Waals surface area contributed by atoms with Crippen LogP contribution >= 0.6 is 0 Å². The number of carboxylic acid groups (broad SMARTS) is 1. The average Bonchev–Trinajstić information content (AvgIpc) is 2.78. The topological polar surface area (TPSA) is 65.7 Å². The zero-order chi connectivity index (χ0) is 13.1. The summed E-state index contributed by atoms with van der Waals surface area (Å²) in [6.07, 6.45) is 0. The van der Waals surface area contributed by atoms with Crippen molar-refractivity contribution in [1.82, 2.24) is 0 Å². The Morgan fingerprint density at radius 1 is 1.22 bits per heavy atom. The molecule has 2 N–H and O–H groups in total. The van der Waals surface area contributed by atoms with Crippen molar-refractivity contribution in [3.05, 3.63) is 42.2 Å². The summed E-state index contributed by atoms with van der Waals surface area (Å²) in [6.45, 7) is 0. The van der Waals surface area contributed by atoms with E-state index in [0.29, 0.717) is 5.88 Å². The van der Waals surface area contributed by atoms with Crippen LogP contribution < -0.4 is 10.2 Å². The molecule has 0 aliphatic rings. The summed E-state index contributed by atoms with van der Waals surface area (Å²) in [5, 5.41) is 11.8. The third-order valence-corrected chi connectivity index (χ3v) is 2.46. The quantitative estimate of drug-likeness (QED) is 0.868. The van der Waals surface area contributed by atoms with E-state index in [-0.39, 0.29) is 5.76 Å². The second kappa shape index (κ2) is 4.83. The largest absolute Gasteiger partial charge is 0.475 e. The van der Waals surface area contributed by atoms with Crippen LogP contribution in [0, 0.1) is 0 Å². The molecule has 0 atom stereocenters. The minimum Gasteiger partial charge on any atom is -0.475 e. The summed E-state index contributed by atoms with van der Waals surface area (Å²) < 4.78 is 5.15. The summed E-state index contributed by atoms with van der Waals surface area (Å²) >= 11 is 0. The van der Waals surface area contributed by atoms with Crippen molar-refractivity contribution in [1.29, 1.82) is 0 Å². The molecule has 0 unspecified atom stereocenters. The summed E-state index contributed by atoms with van der Waals surface area (Å²) in [4.78, 5) is 12.7. The number of rotatable bonds is 4. The van der Waals surface area contributed by atoms with Crippen LogP contribution in [0.25, 0.3) is 0 Å². The van der Waals surface area contributed by atoms with Crippen LogP contribution in [0.4, 0.5) is 17.3 Å². The van der Waals surface area contributed by atoms with Gasteiger partial charge in [-0.1, -0.05) is 12.1 Å². The second-order valence-electron chi connectivity index (χ2n) is 4.01. The van der Waals surface area contributed by atoms with Crippen molar-refractivity contribution in [2.24, 2.45) is 0 Å². The Hall–Kier alpha value is -2.43. The fraction of sp³-hybridized carbons (Fsp3) is 0.154. The van der Waals surface area contributed by atoms with Gasteiger partial charge in [-0.25, -0.2) is 4.79 Å². The van der Waals surface area contributed by atoms with Crippen LogP contribution in [0.2, 0.25) is 0 Å². The Kier molecular flexibility index (Phi) is 3.23. The van der Waals surface area contributed by atoms with E-state index in [1.165, 1.54) is 6.07 Å². The number of aromatic carboxylic acids is 1. The molecule has 0 saturated carbocycles. The molecule has 1 aromatic carbocycles. The number of nitrogens with zero attached hydrogens (tertiary/aromatic N) is 1. The number of carbonyl (C=O) groups is 1. The first-order valence-corrected chi connectivity index (χ1v) is 5.44. The van der Waals surface area contributed by atoms with Crippen molar-refractivity contribution >= 4 is 23.2 Å². The van der Waals surface area contributed by atoms with E-state index in [1.807, 2.05) is 43.3 Å². The zero-order valence-corrected chi connectivity index (χ0v) is 10.2. The summed E-state index contributed by atoms with van der Waals surface area (Å²) in [5.41, 5.74) is 1.85. The Labute approximate surface area is 105 Å². The molecule has 0 spiro atoms. The van der Waals surface area contributed by atoms with Gasteiger partial charge in [-0.15, -0.1) is 0 Å². The first-order valence-electron chi connectivity index (χ1n) is 5.44. The van der Waals surface area contributed by atoms with Gasteiger partial charge in [-0.05, 0) is 18.2 Å². The molecule has 0 saturated heterocycles. The molecular weight excluding hydrogens is 232 g/mol.